The number of carbonyl (C=O) groups excluding carboxylic acids is 2. The summed E-state index contributed by atoms with van der Waals surface area (Å²) in [5.41, 5.74) is 0. The number of amides is 2. The number of hydrogen-bond acceptors (Lipinski definition) is 4. The molecule has 0 radical (unpaired) electrons. The molecule has 1 aromatic heterocycles. The van der Waals surface area contributed by atoms with Crippen LogP contribution in [0, 0.1) is 5.92 Å². The molecule has 1 heterocycles. The normalized spacial score (nSPS) is 12.2. The van der Waals surface area contributed by atoms with Gasteiger partial charge in [0.15, 0.2) is 0 Å². The van der Waals surface area contributed by atoms with Crippen LogP contribution in [0.4, 0.5) is 5.82 Å². The molecule has 1 rings (SSSR count). The summed E-state index contributed by atoms with van der Waals surface area (Å²) in [7, 11) is 0. The zero-order chi connectivity index (χ0) is 15.1. The second-order valence-corrected chi connectivity index (χ2v) is 8.98. The molecule has 112 valence electrons. The van der Waals surface area contributed by atoms with Crippen LogP contribution >= 0.6 is 22.9 Å². The summed E-state index contributed by atoms with van der Waals surface area (Å²) in [5, 5.41) is 2.72. The first kappa shape index (κ1) is 17.6. The molecule has 0 aliphatic rings. The van der Waals surface area contributed by atoms with Crippen LogP contribution in [-0.2, 0) is 9.59 Å². The second kappa shape index (κ2) is 8.72. The first-order valence-corrected chi connectivity index (χ1v) is 9.11. The van der Waals surface area contributed by atoms with Gasteiger partial charge in [-0.3, -0.25) is 0 Å². The third kappa shape index (κ3) is 5.13. The molecule has 0 aromatic carbocycles. The van der Waals surface area contributed by atoms with Crippen molar-refractivity contribution in [1.29, 1.82) is 0 Å². The summed E-state index contributed by atoms with van der Waals surface area (Å²) >= 11 is 1.28. The average Bonchev–Trinajstić information content (AvgIpc) is 2.42. The Morgan fingerprint density at radius 3 is 2.55 bits per heavy atom. The van der Waals surface area contributed by atoms with Crippen LogP contribution in [0.15, 0.2) is 24.4 Å². The number of nitrogens with one attached hydrogen (secondary N) is 2. The van der Waals surface area contributed by atoms with Crippen molar-refractivity contribution in [2.45, 2.75) is 26.8 Å². The number of nitrogens with zero attached hydrogens (tertiary/aromatic N) is 2. The van der Waals surface area contributed by atoms with Gasteiger partial charge in [0.25, 0.3) is 0 Å². The van der Waals surface area contributed by atoms with E-state index in [4.69, 9.17) is 0 Å². The molecule has 0 spiro atoms. The van der Waals surface area contributed by atoms with E-state index in [-0.39, 0.29) is 17.7 Å². The van der Waals surface area contributed by atoms with E-state index in [0.29, 0.717) is 5.82 Å². The van der Waals surface area contributed by atoms with Crippen LogP contribution in [-0.4, -0.2) is 22.8 Å². The quantitative estimate of drug-likeness (QED) is 0.364. The van der Waals surface area contributed by atoms with Gasteiger partial charge in [-0.15, -0.1) is 0 Å². The van der Waals surface area contributed by atoms with Gasteiger partial charge in [0.05, 0.1) is 0 Å². The fraction of sp³-hybridized carbons (Fsp3) is 0.417. The van der Waals surface area contributed by atoms with Crippen LogP contribution in [0.25, 0.3) is 0 Å². The van der Waals surface area contributed by atoms with Crippen molar-refractivity contribution in [2.24, 2.45) is 5.92 Å². The van der Waals surface area contributed by atoms with Crippen molar-refractivity contribution < 1.29 is 31.3 Å². The van der Waals surface area contributed by atoms with E-state index in [1.807, 2.05) is 42.8 Å². The molecule has 0 saturated carbocycles. The maximum atomic E-state index is 12.7. The SMILES string of the molecule is CC(=O)NC(C(=O)N([I-]NI)c1ccccn1)C(C)C. The molecule has 2 amide bonds. The molecular weight excluding hydrogens is 486 g/mol. The van der Waals surface area contributed by atoms with Crippen molar-refractivity contribution >= 4 is 40.5 Å². The molecule has 8 heteroatoms. The Morgan fingerprint density at radius 1 is 1.40 bits per heavy atom. The molecule has 6 nitrogen and oxygen atoms in total. The Labute approximate surface area is 143 Å². The summed E-state index contributed by atoms with van der Waals surface area (Å²) in [6.07, 6.45) is 1.65. The summed E-state index contributed by atoms with van der Waals surface area (Å²) in [6, 6.07) is 4.88. The van der Waals surface area contributed by atoms with Crippen molar-refractivity contribution in [3.05, 3.63) is 24.4 Å². The molecule has 1 atom stereocenters. The van der Waals surface area contributed by atoms with Crippen LogP contribution < -0.4 is 31.9 Å². The van der Waals surface area contributed by atoms with Gasteiger partial charge >= 0.3 is 144 Å². The molecule has 1 unspecified atom stereocenters. The van der Waals surface area contributed by atoms with E-state index in [0.717, 1.165) is 0 Å². The molecule has 1 aromatic rings. The predicted molar refractivity (Wildman–Crippen MR) is 81.3 cm³/mol. The number of hydrogen-bond donors (Lipinski definition) is 2. The monoisotopic (exact) mass is 503 g/mol. The first-order valence-electron chi connectivity index (χ1n) is 5.99. The maximum absolute atomic E-state index is 12.7. The molecular formula is C12H17I2N4O2-. The van der Waals surface area contributed by atoms with Gasteiger partial charge in [-0.1, -0.05) is 0 Å². The number of anilines is 1. The number of rotatable bonds is 6. The van der Waals surface area contributed by atoms with E-state index in [2.05, 4.69) is 12.0 Å². The molecule has 0 aliphatic carbocycles. The van der Waals surface area contributed by atoms with Crippen molar-refractivity contribution in [3.63, 3.8) is 0 Å². The Balaban J connectivity index is 3.00. The molecule has 0 saturated heterocycles. The van der Waals surface area contributed by atoms with Crippen molar-refractivity contribution in [1.82, 2.24) is 12.0 Å². The predicted octanol–water partition coefficient (Wildman–Crippen LogP) is -1.57. The Morgan fingerprint density at radius 2 is 2.10 bits per heavy atom. The standard InChI is InChI=1S/C12H17I2N4O2/c1-8(2)11(16-9(3)19)12(20)18(14-17-13)10-6-4-5-7-15-10/h4-8,11,17H,1-3H3,(H,16,19)/q-1. The number of carbonyl (C=O) groups is 2. The van der Waals surface area contributed by atoms with Gasteiger partial charge in [0.1, 0.15) is 0 Å². The number of aromatic nitrogens is 1. The average molecular weight is 503 g/mol. The third-order valence-corrected chi connectivity index (χ3v) is 5.31. The first-order chi connectivity index (χ1) is 9.47. The minimum absolute atomic E-state index is 0.0100. The summed E-state index contributed by atoms with van der Waals surface area (Å²) < 4.78 is 4.66. The summed E-state index contributed by atoms with van der Waals surface area (Å²) in [5.74, 6) is 0.269. The summed E-state index contributed by atoms with van der Waals surface area (Å²) in [6.45, 7) is 5.23. The van der Waals surface area contributed by atoms with E-state index in [1.165, 1.54) is 6.92 Å². The summed E-state index contributed by atoms with van der Waals surface area (Å²) in [4.78, 5) is 28.2. The van der Waals surface area contributed by atoms with Gasteiger partial charge in [0, 0.05) is 0 Å². The Hall–Kier alpha value is -0.490. The van der Waals surface area contributed by atoms with Crippen LogP contribution in [0.5, 0.6) is 0 Å². The van der Waals surface area contributed by atoms with Crippen LogP contribution in [0.2, 0.25) is 0 Å². The van der Waals surface area contributed by atoms with E-state index < -0.39 is 27.8 Å². The van der Waals surface area contributed by atoms with Crippen LogP contribution in [0.3, 0.4) is 0 Å². The number of pyridine rings is 1. The fourth-order valence-electron chi connectivity index (χ4n) is 1.55. The topological polar surface area (TPSA) is 74.3 Å². The van der Waals surface area contributed by atoms with Gasteiger partial charge in [0.2, 0.25) is 0 Å². The Kier molecular flexibility index (Phi) is 7.66. The van der Waals surface area contributed by atoms with E-state index >= 15 is 0 Å². The van der Waals surface area contributed by atoms with E-state index in [9.17, 15) is 9.59 Å². The molecule has 20 heavy (non-hydrogen) atoms. The zero-order valence-corrected chi connectivity index (χ0v) is 15.7. The van der Waals surface area contributed by atoms with Crippen molar-refractivity contribution in [2.75, 3.05) is 3.11 Å². The molecule has 0 fully saturated rings. The second-order valence-electron chi connectivity index (χ2n) is 4.39. The van der Waals surface area contributed by atoms with Gasteiger partial charge in [-0.05, 0) is 0 Å². The van der Waals surface area contributed by atoms with Crippen LogP contribution in [0.1, 0.15) is 20.8 Å². The van der Waals surface area contributed by atoms with E-state index in [1.54, 1.807) is 21.4 Å². The zero-order valence-electron chi connectivity index (χ0n) is 11.4. The molecule has 0 bridgehead atoms. The fourth-order valence-corrected chi connectivity index (χ4v) is 4.03. The van der Waals surface area contributed by atoms with Gasteiger partial charge in [-0.2, -0.15) is 0 Å². The van der Waals surface area contributed by atoms with Gasteiger partial charge in [-0.25, -0.2) is 0 Å². The van der Waals surface area contributed by atoms with Crippen molar-refractivity contribution in [3.8, 4) is 0 Å². The molecule has 0 aliphatic heterocycles. The number of halogens is 2. The Bertz CT molecular complexity index is 456. The minimum atomic E-state index is -0.735. The van der Waals surface area contributed by atoms with Gasteiger partial charge < -0.3 is 0 Å². The third-order valence-electron chi connectivity index (χ3n) is 2.45. The molecule has 2 N–H and O–H groups in total.